The Hall–Kier alpha value is -2.25. The molecule has 2 amide bonds. The Labute approximate surface area is 161 Å². The van der Waals surface area contributed by atoms with Crippen molar-refractivity contribution in [1.29, 1.82) is 0 Å². The van der Waals surface area contributed by atoms with E-state index in [1.165, 1.54) is 31.2 Å². The van der Waals surface area contributed by atoms with E-state index in [0.29, 0.717) is 5.69 Å². The Kier molecular flexibility index (Phi) is 6.96. The molecule has 1 aromatic rings. The molecule has 1 aromatic carbocycles. The number of sulfonamides is 1. The van der Waals surface area contributed by atoms with Crippen molar-refractivity contribution in [2.75, 3.05) is 11.9 Å². The Morgan fingerprint density at radius 3 is 2.18 bits per heavy atom. The van der Waals surface area contributed by atoms with Crippen LogP contribution in [0, 0.1) is 0 Å². The van der Waals surface area contributed by atoms with Crippen LogP contribution in [0.4, 0.5) is 5.69 Å². The van der Waals surface area contributed by atoms with Crippen molar-refractivity contribution in [2.24, 2.45) is 0 Å². The number of benzene rings is 1. The second-order valence-corrected chi connectivity index (χ2v) is 8.00. The van der Waals surface area contributed by atoms with E-state index < -0.39 is 59.0 Å². The molecule has 0 bridgehead atoms. The van der Waals surface area contributed by atoms with Crippen molar-refractivity contribution < 1.29 is 38.1 Å². The number of ether oxygens (including phenoxy) is 1. The van der Waals surface area contributed by atoms with Crippen LogP contribution in [0.1, 0.15) is 13.8 Å². The predicted molar refractivity (Wildman–Crippen MR) is 96.4 cm³/mol. The number of aliphatic hydroxyl groups excluding tert-OH is 3. The number of hydrogen-bond donors (Lipinski definition) is 6. The zero-order valence-corrected chi connectivity index (χ0v) is 16.0. The highest BCUT2D eigenvalue weighted by molar-refractivity contribution is 7.90. The topological polar surface area (TPSA) is 174 Å². The van der Waals surface area contributed by atoms with Gasteiger partial charge in [-0.05, 0) is 24.3 Å². The molecule has 0 radical (unpaired) electrons. The van der Waals surface area contributed by atoms with E-state index in [-0.39, 0.29) is 4.90 Å². The lowest BCUT2D eigenvalue weighted by Crippen LogP contribution is -2.65. The summed E-state index contributed by atoms with van der Waals surface area (Å²) in [4.78, 5) is 22.3. The van der Waals surface area contributed by atoms with E-state index in [1.807, 2.05) is 4.72 Å². The van der Waals surface area contributed by atoms with Gasteiger partial charge in [-0.2, -0.15) is 0 Å². The first-order valence-electron chi connectivity index (χ1n) is 8.34. The normalized spacial score (nSPS) is 27.7. The lowest BCUT2D eigenvalue weighted by atomic mass is 9.96. The van der Waals surface area contributed by atoms with E-state index in [9.17, 15) is 33.3 Å². The molecule has 6 N–H and O–H groups in total. The summed E-state index contributed by atoms with van der Waals surface area (Å²) >= 11 is 0. The monoisotopic (exact) mass is 417 g/mol. The highest BCUT2D eigenvalue weighted by Gasteiger charge is 2.44. The van der Waals surface area contributed by atoms with Gasteiger partial charge < -0.3 is 30.7 Å². The van der Waals surface area contributed by atoms with Crippen LogP contribution in [-0.2, 0) is 24.3 Å². The first-order valence-corrected chi connectivity index (χ1v) is 9.83. The molecule has 1 aliphatic heterocycles. The average molecular weight is 417 g/mol. The van der Waals surface area contributed by atoms with Gasteiger partial charge in [0.05, 0.1) is 11.5 Å². The molecule has 28 heavy (non-hydrogen) atoms. The van der Waals surface area contributed by atoms with Gasteiger partial charge in [0.1, 0.15) is 24.4 Å². The van der Waals surface area contributed by atoms with Gasteiger partial charge in [0, 0.05) is 19.5 Å². The molecule has 0 spiro atoms. The van der Waals surface area contributed by atoms with Gasteiger partial charge in [-0.3, -0.25) is 9.59 Å². The van der Waals surface area contributed by atoms with Crippen molar-refractivity contribution in [2.45, 2.75) is 49.3 Å². The minimum absolute atomic E-state index is 0.139. The summed E-state index contributed by atoms with van der Waals surface area (Å²) in [6.07, 6.45) is -4.93. The van der Waals surface area contributed by atoms with Gasteiger partial charge in [0.2, 0.25) is 11.8 Å². The molecule has 2 rings (SSSR count). The first kappa shape index (κ1) is 22.0. The number of carbonyl (C=O) groups is 2. The van der Waals surface area contributed by atoms with Gasteiger partial charge >= 0.3 is 0 Å². The zero-order chi connectivity index (χ0) is 21.1. The lowest BCUT2D eigenvalue weighted by molar-refractivity contribution is -0.188. The summed E-state index contributed by atoms with van der Waals surface area (Å²) < 4.78 is 31.3. The molecule has 1 fully saturated rings. The Morgan fingerprint density at radius 2 is 1.68 bits per heavy atom. The maximum absolute atomic E-state index is 12.0. The fourth-order valence-corrected chi connectivity index (χ4v) is 3.77. The molecular formula is C16H23N3O8S. The molecule has 0 saturated carbocycles. The minimum Gasteiger partial charge on any atom is -0.394 e. The van der Waals surface area contributed by atoms with Gasteiger partial charge in [0.25, 0.3) is 10.0 Å². The van der Waals surface area contributed by atoms with Crippen molar-refractivity contribution in [1.82, 2.24) is 10.0 Å². The average Bonchev–Trinajstić information content (AvgIpc) is 2.60. The summed E-state index contributed by atoms with van der Waals surface area (Å²) in [5.41, 5.74) is 0.377. The second kappa shape index (κ2) is 8.84. The maximum Gasteiger partial charge on any atom is 0.264 e. The second-order valence-electron chi connectivity index (χ2n) is 6.32. The molecule has 0 aliphatic carbocycles. The summed E-state index contributed by atoms with van der Waals surface area (Å²) in [5.74, 6) is -1.19. The summed E-state index contributed by atoms with van der Waals surface area (Å²) in [6, 6.07) is 4.26. The summed E-state index contributed by atoms with van der Waals surface area (Å²) in [5, 5.41) is 34.9. The van der Waals surface area contributed by atoms with Crippen molar-refractivity contribution in [3.63, 3.8) is 0 Å². The molecule has 156 valence electrons. The summed E-state index contributed by atoms with van der Waals surface area (Å²) in [6.45, 7) is 1.75. The standard InChI is InChI=1S/C16H23N3O8S/c1-8(21)17-13-15(24)14(23)12(7-20)27-16(13)18-10-3-5-11(6-4-10)28(25,26)19-9(2)22/h3-6,12-16,18,20,23-24H,7H2,1-2H3,(H,17,21)(H,19,22)/t12-,13+,14+,15-,16-/m0/s1. The predicted octanol–water partition coefficient (Wildman–Crippen LogP) is -2.13. The van der Waals surface area contributed by atoms with Crippen LogP contribution < -0.4 is 15.4 Å². The number of aliphatic hydroxyl groups is 3. The van der Waals surface area contributed by atoms with E-state index in [2.05, 4.69) is 10.6 Å². The quantitative estimate of drug-likeness (QED) is 0.302. The van der Waals surface area contributed by atoms with Crippen LogP contribution in [-0.4, -0.2) is 72.7 Å². The van der Waals surface area contributed by atoms with Gasteiger partial charge in [0.15, 0.2) is 6.23 Å². The van der Waals surface area contributed by atoms with E-state index in [4.69, 9.17) is 4.74 Å². The molecule has 1 aliphatic rings. The van der Waals surface area contributed by atoms with Crippen molar-refractivity contribution in [3.05, 3.63) is 24.3 Å². The Bertz CT molecular complexity index is 814. The highest BCUT2D eigenvalue weighted by Crippen LogP contribution is 2.24. The van der Waals surface area contributed by atoms with Crippen LogP contribution in [0.3, 0.4) is 0 Å². The molecule has 1 saturated heterocycles. The fraction of sp³-hybridized carbons (Fsp3) is 0.500. The van der Waals surface area contributed by atoms with Gasteiger partial charge in [-0.15, -0.1) is 0 Å². The third kappa shape index (κ3) is 5.17. The van der Waals surface area contributed by atoms with Crippen molar-refractivity contribution in [3.8, 4) is 0 Å². The number of rotatable bonds is 6. The molecule has 0 aromatic heterocycles. The molecular weight excluding hydrogens is 394 g/mol. The van der Waals surface area contributed by atoms with Crippen molar-refractivity contribution >= 4 is 27.5 Å². The smallest absolute Gasteiger partial charge is 0.264 e. The highest BCUT2D eigenvalue weighted by atomic mass is 32.2. The number of anilines is 1. The van der Waals surface area contributed by atoms with Gasteiger partial charge in [-0.1, -0.05) is 0 Å². The third-order valence-electron chi connectivity index (χ3n) is 4.05. The van der Waals surface area contributed by atoms with Crippen LogP contribution in [0.2, 0.25) is 0 Å². The van der Waals surface area contributed by atoms with Gasteiger partial charge in [-0.25, -0.2) is 13.1 Å². The minimum atomic E-state index is -3.99. The van der Waals surface area contributed by atoms with Crippen LogP contribution in [0.5, 0.6) is 0 Å². The third-order valence-corrected chi connectivity index (χ3v) is 5.50. The van der Waals surface area contributed by atoms with Crippen LogP contribution in [0.15, 0.2) is 29.2 Å². The summed E-state index contributed by atoms with van der Waals surface area (Å²) in [7, 11) is -3.99. The lowest BCUT2D eigenvalue weighted by Gasteiger charge is -2.43. The first-order chi connectivity index (χ1) is 13.0. The van der Waals surface area contributed by atoms with E-state index in [0.717, 1.165) is 6.92 Å². The molecule has 12 heteroatoms. The molecule has 11 nitrogen and oxygen atoms in total. The zero-order valence-electron chi connectivity index (χ0n) is 15.2. The number of carbonyl (C=O) groups excluding carboxylic acids is 2. The molecule has 0 unspecified atom stereocenters. The Morgan fingerprint density at radius 1 is 1.07 bits per heavy atom. The number of hydrogen-bond acceptors (Lipinski definition) is 9. The van der Waals surface area contributed by atoms with Crippen LogP contribution >= 0.6 is 0 Å². The van der Waals surface area contributed by atoms with E-state index >= 15 is 0 Å². The number of amides is 2. The largest absolute Gasteiger partial charge is 0.394 e. The molecule has 1 heterocycles. The fourth-order valence-electron chi connectivity index (χ4n) is 2.78. The van der Waals surface area contributed by atoms with Crippen LogP contribution in [0.25, 0.3) is 0 Å². The SMILES string of the molecule is CC(=O)N[C@@H]1[C@H](O)[C@H](O)[C@H](CO)O[C@@H]1Nc1ccc(S(=O)(=O)NC(C)=O)cc1. The molecule has 5 atom stereocenters. The number of nitrogens with one attached hydrogen (secondary N) is 3. The Balaban J connectivity index is 2.21. The van der Waals surface area contributed by atoms with E-state index in [1.54, 1.807) is 0 Å². The maximum atomic E-state index is 12.0.